The number of halogens is 1. The van der Waals surface area contributed by atoms with Crippen molar-refractivity contribution >= 4 is 51.8 Å². The molecule has 1 aromatic carbocycles. The summed E-state index contributed by atoms with van der Waals surface area (Å²) in [6.45, 7) is 0. The first-order chi connectivity index (χ1) is 13.6. The second kappa shape index (κ2) is 8.16. The molecule has 2 amide bonds. The predicted molar refractivity (Wildman–Crippen MR) is 111 cm³/mol. The van der Waals surface area contributed by atoms with E-state index in [2.05, 4.69) is 20.6 Å². The number of fused-ring (bicyclic) bond motifs is 1. The third-order valence-corrected chi connectivity index (χ3v) is 5.45. The molecule has 0 bridgehead atoms. The predicted octanol–water partition coefficient (Wildman–Crippen LogP) is 3.91. The third-order valence-electron chi connectivity index (χ3n) is 4.23. The maximum atomic E-state index is 12.6. The molecule has 1 saturated carbocycles. The van der Waals surface area contributed by atoms with Crippen molar-refractivity contribution in [3.63, 3.8) is 0 Å². The molecule has 0 saturated heterocycles. The molecule has 0 spiro atoms. The van der Waals surface area contributed by atoms with Crippen molar-refractivity contribution in [2.75, 3.05) is 11.1 Å². The summed E-state index contributed by atoms with van der Waals surface area (Å²) in [4.78, 5) is 33.4. The van der Waals surface area contributed by atoms with Crippen LogP contribution in [0.1, 0.15) is 23.2 Å². The molecule has 0 aliphatic heterocycles. The van der Waals surface area contributed by atoms with Gasteiger partial charge in [0, 0.05) is 17.6 Å². The van der Waals surface area contributed by atoms with Gasteiger partial charge in [0.05, 0.1) is 27.5 Å². The van der Waals surface area contributed by atoms with Gasteiger partial charge in [-0.2, -0.15) is 0 Å². The molecule has 1 fully saturated rings. The molecule has 0 radical (unpaired) electrons. The third kappa shape index (κ3) is 4.43. The van der Waals surface area contributed by atoms with Gasteiger partial charge in [-0.25, -0.2) is 9.97 Å². The topological polar surface area (TPSA) is 84.0 Å². The number of hydrogen-bond acceptors (Lipinski definition) is 5. The van der Waals surface area contributed by atoms with Crippen molar-refractivity contribution < 1.29 is 9.59 Å². The molecule has 4 rings (SSSR count). The Morgan fingerprint density at radius 1 is 1.18 bits per heavy atom. The summed E-state index contributed by atoms with van der Waals surface area (Å²) in [5.41, 5.74) is 1.77. The van der Waals surface area contributed by atoms with Gasteiger partial charge in [0.2, 0.25) is 5.91 Å². The van der Waals surface area contributed by atoms with E-state index in [0.29, 0.717) is 16.3 Å². The highest BCUT2D eigenvalue weighted by Gasteiger charge is 2.25. The molecule has 2 heterocycles. The number of benzene rings is 1. The summed E-state index contributed by atoms with van der Waals surface area (Å²) in [5.74, 6) is -0.186. The normalized spacial score (nSPS) is 13.3. The van der Waals surface area contributed by atoms with Crippen molar-refractivity contribution in [2.45, 2.75) is 23.9 Å². The SMILES string of the molecule is O=C(CSc1cc(C(=O)NC2CC2)c2ccccc2n1)Nc1cccnc1Cl. The number of aromatic nitrogens is 2. The lowest BCUT2D eigenvalue weighted by molar-refractivity contribution is -0.113. The van der Waals surface area contributed by atoms with Crippen LogP contribution in [0.5, 0.6) is 0 Å². The zero-order valence-electron chi connectivity index (χ0n) is 14.8. The second-order valence-electron chi connectivity index (χ2n) is 6.45. The van der Waals surface area contributed by atoms with Crippen molar-refractivity contribution in [3.8, 4) is 0 Å². The zero-order chi connectivity index (χ0) is 19.5. The molecule has 2 N–H and O–H groups in total. The Balaban J connectivity index is 1.51. The molecule has 2 aromatic heterocycles. The first kappa shape index (κ1) is 18.7. The molecule has 142 valence electrons. The number of carbonyl (C=O) groups excluding carboxylic acids is 2. The van der Waals surface area contributed by atoms with Crippen LogP contribution in [0.15, 0.2) is 53.7 Å². The average molecular weight is 413 g/mol. The molecule has 3 aromatic rings. The molecule has 8 heteroatoms. The minimum Gasteiger partial charge on any atom is -0.349 e. The van der Waals surface area contributed by atoms with Crippen LogP contribution in [0.2, 0.25) is 5.15 Å². The first-order valence-corrected chi connectivity index (χ1v) is 10.2. The summed E-state index contributed by atoms with van der Waals surface area (Å²) >= 11 is 7.23. The van der Waals surface area contributed by atoms with Gasteiger partial charge >= 0.3 is 0 Å². The minimum absolute atomic E-state index is 0.102. The molecular weight excluding hydrogens is 396 g/mol. The van der Waals surface area contributed by atoms with Crippen LogP contribution in [0.4, 0.5) is 5.69 Å². The maximum Gasteiger partial charge on any atom is 0.252 e. The molecule has 1 aliphatic carbocycles. The largest absolute Gasteiger partial charge is 0.349 e. The van der Waals surface area contributed by atoms with Gasteiger partial charge in [-0.15, -0.1) is 0 Å². The Kier molecular flexibility index (Phi) is 5.45. The Hall–Kier alpha value is -2.64. The summed E-state index contributed by atoms with van der Waals surface area (Å²) in [6.07, 6.45) is 3.60. The van der Waals surface area contributed by atoms with Crippen molar-refractivity contribution in [3.05, 3.63) is 59.4 Å². The second-order valence-corrected chi connectivity index (χ2v) is 7.81. The number of carbonyl (C=O) groups is 2. The van der Waals surface area contributed by atoms with E-state index in [1.807, 2.05) is 24.3 Å². The minimum atomic E-state index is -0.223. The standard InChI is InChI=1S/C20H17ClN4O2S/c21-19-16(6-3-9-22-19)24-17(26)11-28-18-10-14(20(27)23-12-7-8-12)13-4-1-2-5-15(13)25-18/h1-6,9-10,12H,7-8,11H2,(H,23,27)(H,24,26). The monoisotopic (exact) mass is 412 g/mol. The van der Waals surface area contributed by atoms with E-state index in [-0.39, 0.29) is 28.8 Å². The van der Waals surface area contributed by atoms with Crippen LogP contribution in [0, 0.1) is 0 Å². The molecular formula is C20H17ClN4O2S. The molecule has 28 heavy (non-hydrogen) atoms. The van der Waals surface area contributed by atoms with Crippen LogP contribution in [-0.4, -0.2) is 33.6 Å². The molecule has 1 aliphatic rings. The molecule has 0 unspecified atom stereocenters. The molecule has 0 atom stereocenters. The van der Waals surface area contributed by atoms with E-state index in [1.165, 1.54) is 11.8 Å². The summed E-state index contributed by atoms with van der Waals surface area (Å²) in [6, 6.07) is 12.9. The van der Waals surface area contributed by atoms with Gasteiger partial charge in [0.15, 0.2) is 5.15 Å². The number of rotatable bonds is 6. The van der Waals surface area contributed by atoms with Crippen molar-refractivity contribution in [2.24, 2.45) is 0 Å². The fraction of sp³-hybridized carbons (Fsp3) is 0.200. The maximum absolute atomic E-state index is 12.6. The van der Waals surface area contributed by atoms with E-state index in [0.717, 1.165) is 23.7 Å². The summed E-state index contributed by atoms with van der Waals surface area (Å²) < 4.78 is 0. The van der Waals surface area contributed by atoms with Crippen LogP contribution < -0.4 is 10.6 Å². The average Bonchev–Trinajstić information content (AvgIpc) is 3.51. The van der Waals surface area contributed by atoms with Crippen molar-refractivity contribution in [1.29, 1.82) is 0 Å². The van der Waals surface area contributed by atoms with E-state index >= 15 is 0 Å². The lowest BCUT2D eigenvalue weighted by Gasteiger charge is -2.10. The number of anilines is 1. The Labute approximate surface area is 171 Å². The van der Waals surface area contributed by atoms with Crippen molar-refractivity contribution in [1.82, 2.24) is 15.3 Å². The van der Waals surface area contributed by atoms with E-state index in [4.69, 9.17) is 11.6 Å². The number of hydrogen-bond donors (Lipinski definition) is 2. The van der Waals surface area contributed by atoms with E-state index < -0.39 is 0 Å². The van der Waals surface area contributed by atoms with Gasteiger partial charge in [0.1, 0.15) is 0 Å². The number of para-hydroxylation sites is 1. The van der Waals surface area contributed by atoms with E-state index in [9.17, 15) is 9.59 Å². The van der Waals surface area contributed by atoms with Gasteiger partial charge in [-0.3, -0.25) is 9.59 Å². The van der Waals surface area contributed by atoms with E-state index in [1.54, 1.807) is 24.4 Å². The number of thioether (sulfide) groups is 1. The fourth-order valence-electron chi connectivity index (χ4n) is 2.71. The van der Waals surface area contributed by atoms with Gasteiger partial charge < -0.3 is 10.6 Å². The molecule has 6 nitrogen and oxygen atoms in total. The Morgan fingerprint density at radius 3 is 2.79 bits per heavy atom. The number of pyridine rings is 2. The fourth-order valence-corrected chi connectivity index (χ4v) is 3.59. The highest BCUT2D eigenvalue weighted by atomic mass is 35.5. The smallest absolute Gasteiger partial charge is 0.252 e. The number of nitrogens with zero attached hydrogens (tertiary/aromatic N) is 2. The lowest BCUT2D eigenvalue weighted by atomic mass is 10.1. The number of amides is 2. The first-order valence-electron chi connectivity index (χ1n) is 8.84. The van der Waals surface area contributed by atoms with Gasteiger partial charge in [-0.05, 0) is 37.1 Å². The highest BCUT2D eigenvalue weighted by molar-refractivity contribution is 7.99. The van der Waals surface area contributed by atoms with Crippen LogP contribution in [0.3, 0.4) is 0 Å². The summed E-state index contributed by atoms with van der Waals surface area (Å²) in [5, 5.41) is 7.40. The van der Waals surface area contributed by atoms with Gasteiger partial charge in [-0.1, -0.05) is 41.6 Å². The van der Waals surface area contributed by atoms with Crippen LogP contribution >= 0.6 is 23.4 Å². The quantitative estimate of drug-likeness (QED) is 0.473. The van der Waals surface area contributed by atoms with Crippen LogP contribution in [0.25, 0.3) is 10.9 Å². The zero-order valence-corrected chi connectivity index (χ0v) is 16.4. The summed E-state index contributed by atoms with van der Waals surface area (Å²) in [7, 11) is 0. The highest BCUT2D eigenvalue weighted by Crippen LogP contribution is 2.26. The Bertz CT molecular complexity index is 1060. The van der Waals surface area contributed by atoms with Gasteiger partial charge in [0.25, 0.3) is 5.91 Å². The lowest BCUT2D eigenvalue weighted by Crippen LogP contribution is -2.25. The van der Waals surface area contributed by atoms with Crippen LogP contribution in [-0.2, 0) is 4.79 Å². The Morgan fingerprint density at radius 2 is 2.00 bits per heavy atom. The number of nitrogens with one attached hydrogen (secondary N) is 2.